The van der Waals surface area contributed by atoms with Gasteiger partial charge in [-0.15, -0.1) is 11.6 Å². The lowest BCUT2D eigenvalue weighted by atomic mass is 10.2. The van der Waals surface area contributed by atoms with Crippen LogP contribution in [0, 0.1) is 0 Å². The van der Waals surface area contributed by atoms with Gasteiger partial charge in [-0.3, -0.25) is 9.48 Å². The number of para-hydroxylation sites is 1. The number of rotatable bonds is 4. The fourth-order valence-corrected chi connectivity index (χ4v) is 2.18. The van der Waals surface area contributed by atoms with Crippen molar-refractivity contribution in [2.45, 2.75) is 19.4 Å². The summed E-state index contributed by atoms with van der Waals surface area (Å²) in [7, 11) is 1.83. The van der Waals surface area contributed by atoms with Crippen molar-refractivity contribution in [3.8, 4) is 0 Å². The average Bonchev–Trinajstić information content (AvgIpc) is 2.74. The predicted molar refractivity (Wildman–Crippen MR) is 73.0 cm³/mol. The summed E-state index contributed by atoms with van der Waals surface area (Å²) < 4.78 is 1.71. The summed E-state index contributed by atoms with van der Waals surface area (Å²) in [6.07, 6.45) is 0.806. The average molecular weight is 266 g/mol. The first kappa shape index (κ1) is 12.9. The molecule has 0 aliphatic heterocycles. The molecule has 1 N–H and O–H groups in total. The molecule has 2 aromatic rings. The minimum Gasteiger partial charge on any atom is -0.347 e. The molecule has 0 bridgehead atoms. The van der Waals surface area contributed by atoms with Crippen molar-refractivity contribution in [1.82, 2.24) is 15.1 Å². The van der Waals surface area contributed by atoms with Crippen molar-refractivity contribution in [3.05, 3.63) is 30.0 Å². The lowest BCUT2D eigenvalue weighted by Gasteiger charge is -2.12. The van der Waals surface area contributed by atoms with E-state index in [1.165, 1.54) is 0 Å². The Hall–Kier alpha value is -1.55. The van der Waals surface area contributed by atoms with E-state index in [1.807, 2.05) is 38.2 Å². The van der Waals surface area contributed by atoms with E-state index in [2.05, 4.69) is 10.4 Å². The van der Waals surface area contributed by atoms with E-state index >= 15 is 0 Å². The molecule has 96 valence electrons. The first-order chi connectivity index (χ1) is 8.67. The van der Waals surface area contributed by atoms with Gasteiger partial charge in [0.2, 0.25) is 0 Å². The third kappa shape index (κ3) is 2.34. The molecule has 0 aliphatic carbocycles. The predicted octanol–water partition coefficient (Wildman–Crippen LogP) is 2.32. The lowest BCUT2D eigenvalue weighted by molar-refractivity contribution is 0.0935. The monoisotopic (exact) mass is 265 g/mol. The number of amides is 1. The van der Waals surface area contributed by atoms with Crippen molar-refractivity contribution < 1.29 is 4.79 Å². The lowest BCUT2D eigenvalue weighted by Crippen LogP contribution is -2.36. The molecule has 2 rings (SSSR count). The summed E-state index contributed by atoms with van der Waals surface area (Å²) in [5.74, 6) is 0.242. The SMILES string of the molecule is CCC(CCl)NC(=O)c1nn(C)c2ccccc12. The zero-order chi connectivity index (χ0) is 13.1. The van der Waals surface area contributed by atoms with Crippen molar-refractivity contribution in [2.24, 2.45) is 7.05 Å². The first-order valence-corrected chi connectivity index (χ1v) is 6.49. The van der Waals surface area contributed by atoms with Crippen LogP contribution in [-0.2, 0) is 7.05 Å². The van der Waals surface area contributed by atoms with E-state index in [1.54, 1.807) is 4.68 Å². The number of alkyl halides is 1. The van der Waals surface area contributed by atoms with E-state index in [0.29, 0.717) is 11.6 Å². The smallest absolute Gasteiger partial charge is 0.272 e. The molecule has 1 heterocycles. The van der Waals surface area contributed by atoms with E-state index in [4.69, 9.17) is 11.6 Å². The number of hydrogen-bond donors (Lipinski definition) is 1. The molecule has 0 saturated carbocycles. The Balaban J connectivity index is 2.33. The zero-order valence-electron chi connectivity index (χ0n) is 10.5. The second-order valence-corrected chi connectivity index (χ2v) is 4.53. The van der Waals surface area contributed by atoms with Crippen LogP contribution in [0.1, 0.15) is 23.8 Å². The molecular formula is C13H16ClN3O. The molecule has 18 heavy (non-hydrogen) atoms. The first-order valence-electron chi connectivity index (χ1n) is 5.96. The van der Waals surface area contributed by atoms with Crippen LogP contribution in [-0.4, -0.2) is 27.6 Å². The number of aromatic nitrogens is 2. The summed E-state index contributed by atoms with van der Waals surface area (Å²) in [5, 5.41) is 8.03. The highest BCUT2D eigenvalue weighted by atomic mass is 35.5. The largest absolute Gasteiger partial charge is 0.347 e. The number of aryl methyl sites for hydroxylation is 1. The van der Waals surface area contributed by atoms with Gasteiger partial charge in [0, 0.05) is 24.4 Å². The highest BCUT2D eigenvalue weighted by Gasteiger charge is 2.17. The molecule has 0 aliphatic rings. The maximum absolute atomic E-state index is 12.2. The number of nitrogens with zero attached hydrogens (tertiary/aromatic N) is 2. The quantitative estimate of drug-likeness (QED) is 0.863. The summed E-state index contributed by atoms with van der Waals surface area (Å²) in [5.41, 5.74) is 1.40. The minimum atomic E-state index is -0.167. The second-order valence-electron chi connectivity index (χ2n) is 4.22. The molecule has 4 nitrogen and oxygen atoms in total. The number of nitrogens with one attached hydrogen (secondary N) is 1. The van der Waals surface area contributed by atoms with Gasteiger partial charge in [-0.1, -0.05) is 25.1 Å². The summed E-state index contributed by atoms with van der Waals surface area (Å²) >= 11 is 5.78. The molecule has 1 atom stereocenters. The Morgan fingerprint density at radius 1 is 1.50 bits per heavy atom. The normalized spacial score (nSPS) is 12.6. The van der Waals surface area contributed by atoms with Crippen molar-refractivity contribution in [3.63, 3.8) is 0 Å². The van der Waals surface area contributed by atoms with Gasteiger partial charge in [-0.25, -0.2) is 0 Å². The van der Waals surface area contributed by atoms with Crippen LogP contribution in [0.3, 0.4) is 0 Å². The van der Waals surface area contributed by atoms with Gasteiger partial charge in [0.1, 0.15) is 0 Å². The highest BCUT2D eigenvalue weighted by molar-refractivity contribution is 6.18. The third-order valence-electron chi connectivity index (χ3n) is 2.99. The van der Waals surface area contributed by atoms with Crippen LogP contribution in [0.25, 0.3) is 10.9 Å². The van der Waals surface area contributed by atoms with E-state index in [9.17, 15) is 4.79 Å². The number of hydrogen-bond acceptors (Lipinski definition) is 2. The topological polar surface area (TPSA) is 46.9 Å². The number of halogens is 1. The van der Waals surface area contributed by atoms with Gasteiger partial charge in [-0.2, -0.15) is 5.10 Å². The van der Waals surface area contributed by atoms with Gasteiger partial charge in [0.15, 0.2) is 5.69 Å². The number of fused-ring (bicyclic) bond motifs is 1. The van der Waals surface area contributed by atoms with Gasteiger partial charge < -0.3 is 5.32 Å². The Bertz CT molecular complexity index is 560. The number of carbonyl (C=O) groups excluding carboxylic acids is 1. The molecular weight excluding hydrogens is 250 g/mol. The van der Waals surface area contributed by atoms with Crippen LogP contribution in [0.2, 0.25) is 0 Å². The fraction of sp³-hybridized carbons (Fsp3) is 0.385. The van der Waals surface area contributed by atoms with Crippen molar-refractivity contribution >= 4 is 28.4 Å². The van der Waals surface area contributed by atoms with Crippen LogP contribution in [0.15, 0.2) is 24.3 Å². The molecule has 1 unspecified atom stereocenters. The van der Waals surface area contributed by atoms with Crippen LogP contribution in [0.5, 0.6) is 0 Å². The van der Waals surface area contributed by atoms with Crippen LogP contribution < -0.4 is 5.32 Å². The van der Waals surface area contributed by atoms with Crippen LogP contribution >= 0.6 is 11.6 Å². The molecule has 0 radical (unpaired) electrons. The van der Waals surface area contributed by atoms with E-state index in [0.717, 1.165) is 17.3 Å². The molecule has 0 saturated heterocycles. The molecule has 5 heteroatoms. The second kappa shape index (κ2) is 5.40. The summed E-state index contributed by atoms with van der Waals surface area (Å²) in [6, 6.07) is 7.66. The third-order valence-corrected chi connectivity index (χ3v) is 3.36. The van der Waals surface area contributed by atoms with E-state index < -0.39 is 0 Å². The highest BCUT2D eigenvalue weighted by Crippen LogP contribution is 2.17. The molecule has 0 spiro atoms. The van der Waals surface area contributed by atoms with Crippen molar-refractivity contribution in [2.75, 3.05) is 5.88 Å². The Morgan fingerprint density at radius 2 is 2.22 bits per heavy atom. The van der Waals surface area contributed by atoms with Gasteiger partial charge >= 0.3 is 0 Å². The number of benzene rings is 1. The summed E-state index contributed by atoms with van der Waals surface area (Å²) in [6.45, 7) is 1.99. The zero-order valence-corrected chi connectivity index (χ0v) is 11.2. The Kier molecular flexibility index (Phi) is 3.87. The fourth-order valence-electron chi connectivity index (χ4n) is 1.89. The standard InChI is InChI=1S/C13H16ClN3O/c1-3-9(8-14)15-13(18)12-10-6-4-5-7-11(10)17(2)16-12/h4-7,9H,3,8H2,1-2H3,(H,15,18). The molecule has 1 aromatic heterocycles. The van der Waals surface area contributed by atoms with Crippen molar-refractivity contribution in [1.29, 1.82) is 0 Å². The summed E-state index contributed by atoms with van der Waals surface area (Å²) in [4.78, 5) is 12.2. The Morgan fingerprint density at radius 3 is 2.89 bits per heavy atom. The van der Waals surface area contributed by atoms with Crippen LogP contribution in [0.4, 0.5) is 0 Å². The maximum atomic E-state index is 12.2. The minimum absolute atomic E-state index is 0.0139. The molecule has 1 aromatic carbocycles. The van der Waals surface area contributed by atoms with E-state index in [-0.39, 0.29) is 11.9 Å². The molecule has 1 amide bonds. The molecule has 0 fully saturated rings. The maximum Gasteiger partial charge on any atom is 0.272 e. The van der Waals surface area contributed by atoms with Gasteiger partial charge in [-0.05, 0) is 12.5 Å². The number of carbonyl (C=O) groups is 1. The van der Waals surface area contributed by atoms with Gasteiger partial charge in [0.25, 0.3) is 5.91 Å². The van der Waals surface area contributed by atoms with Gasteiger partial charge in [0.05, 0.1) is 5.52 Å². The Labute approximate surface area is 111 Å².